The minimum Gasteiger partial charge on any atom is -0.485 e. The summed E-state index contributed by atoms with van der Waals surface area (Å²) in [5.41, 5.74) is 2.23. The van der Waals surface area contributed by atoms with Gasteiger partial charge in [-0.3, -0.25) is 4.90 Å². The summed E-state index contributed by atoms with van der Waals surface area (Å²) >= 11 is 1.48. The predicted molar refractivity (Wildman–Crippen MR) is 113 cm³/mol. The Morgan fingerprint density at radius 1 is 1.00 bits per heavy atom. The number of rotatable bonds is 10. The highest BCUT2D eigenvalue weighted by Crippen LogP contribution is 2.12. The van der Waals surface area contributed by atoms with Gasteiger partial charge < -0.3 is 12.5 Å². The molecule has 0 spiro atoms. The third-order valence-corrected chi connectivity index (χ3v) is 4.34. The first-order valence-corrected chi connectivity index (χ1v) is 9.53. The second kappa shape index (κ2) is 12.1. The predicted octanol–water partition coefficient (Wildman–Crippen LogP) is 3.65. The SMILES string of the molecule is COC(=O)[C@H](CN(Cc1ccccc1)Cc1ccccc1)O/C=C/C(=O)OI. The smallest absolute Gasteiger partial charge is 0.348 e. The quantitative estimate of drug-likeness (QED) is 0.217. The minimum absolute atomic E-state index is 0.292. The number of carbonyl (C=O) groups excluding carboxylic acids is 2. The van der Waals surface area contributed by atoms with E-state index in [0.29, 0.717) is 19.6 Å². The van der Waals surface area contributed by atoms with Crippen LogP contribution in [0.5, 0.6) is 0 Å². The van der Waals surface area contributed by atoms with Crippen LogP contribution in [0.2, 0.25) is 0 Å². The van der Waals surface area contributed by atoms with E-state index in [2.05, 4.69) is 7.97 Å². The lowest BCUT2D eigenvalue weighted by Crippen LogP contribution is -2.38. The molecule has 0 saturated carbocycles. The van der Waals surface area contributed by atoms with Crippen LogP contribution in [0.15, 0.2) is 73.0 Å². The first-order chi connectivity index (χ1) is 13.6. The molecule has 0 saturated heterocycles. The van der Waals surface area contributed by atoms with Crippen molar-refractivity contribution < 1.29 is 22.1 Å². The first kappa shape index (κ1) is 21.9. The van der Waals surface area contributed by atoms with Crippen molar-refractivity contribution in [1.82, 2.24) is 4.90 Å². The maximum absolute atomic E-state index is 12.2. The standard InChI is InChI=1S/C21H22INO5/c1-26-21(25)19(27-13-12-20(24)28-22)16-23(14-17-8-4-2-5-9-17)15-18-10-6-3-7-11-18/h2-13,19H,14-16H2,1H3/b13-12+/t19-/m0/s1. The number of benzene rings is 2. The number of carbonyl (C=O) groups is 2. The Morgan fingerprint density at radius 3 is 2.00 bits per heavy atom. The summed E-state index contributed by atoms with van der Waals surface area (Å²) < 4.78 is 14.8. The lowest BCUT2D eigenvalue weighted by Gasteiger charge is -2.26. The van der Waals surface area contributed by atoms with Crippen LogP contribution in [0.1, 0.15) is 11.1 Å². The molecule has 7 heteroatoms. The van der Waals surface area contributed by atoms with Gasteiger partial charge in [0.05, 0.1) is 19.4 Å². The van der Waals surface area contributed by atoms with E-state index < -0.39 is 18.0 Å². The van der Waals surface area contributed by atoms with Crippen LogP contribution < -0.4 is 0 Å². The number of methoxy groups -OCH3 is 1. The number of ether oxygens (including phenoxy) is 2. The van der Waals surface area contributed by atoms with Gasteiger partial charge in [-0.05, 0) is 11.1 Å². The molecule has 0 N–H and O–H groups in total. The number of esters is 1. The molecule has 0 bridgehead atoms. The Morgan fingerprint density at radius 2 is 1.54 bits per heavy atom. The van der Waals surface area contributed by atoms with E-state index in [0.717, 1.165) is 23.5 Å². The van der Waals surface area contributed by atoms with Gasteiger partial charge in [0.1, 0.15) is 0 Å². The zero-order valence-electron chi connectivity index (χ0n) is 15.5. The number of hydrogen-bond acceptors (Lipinski definition) is 6. The molecular formula is C21H22INO5. The van der Waals surface area contributed by atoms with E-state index >= 15 is 0 Å². The third kappa shape index (κ3) is 7.69. The molecule has 0 amide bonds. The summed E-state index contributed by atoms with van der Waals surface area (Å²) in [4.78, 5) is 25.5. The molecule has 1 atom stereocenters. The summed E-state index contributed by atoms with van der Waals surface area (Å²) in [7, 11) is 1.31. The van der Waals surface area contributed by atoms with Crippen molar-refractivity contribution >= 4 is 34.9 Å². The van der Waals surface area contributed by atoms with Gasteiger partial charge in [-0.25, -0.2) is 9.59 Å². The van der Waals surface area contributed by atoms with Gasteiger partial charge in [0, 0.05) is 19.6 Å². The van der Waals surface area contributed by atoms with Crippen LogP contribution in [0, 0.1) is 0 Å². The molecule has 0 heterocycles. The second-order valence-electron chi connectivity index (χ2n) is 5.99. The van der Waals surface area contributed by atoms with Gasteiger partial charge in [0.15, 0.2) is 23.0 Å². The van der Waals surface area contributed by atoms with E-state index in [1.807, 2.05) is 60.7 Å². The Labute approximate surface area is 178 Å². The van der Waals surface area contributed by atoms with Crippen molar-refractivity contribution in [3.8, 4) is 0 Å². The summed E-state index contributed by atoms with van der Waals surface area (Å²) in [5, 5.41) is 0. The molecule has 0 aromatic heterocycles. The van der Waals surface area contributed by atoms with Gasteiger partial charge in [-0.2, -0.15) is 0 Å². The van der Waals surface area contributed by atoms with Crippen molar-refractivity contribution in [3.05, 3.63) is 84.1 Å². The average molecular weight is 495 g/mol. The third-order valence-electron chi connectivity index (χ3n) is 3.91. The molecule has 2 rings (SSSR count). The van der Waals surface area contributed by atoms with E-state index in [-0.39, 0.29) is 0 Å². The average Bonchev–Trinajstić information content (AvgIpc) is 2.73. The molecule has 0 aliphatic carbocycles. The first-order valence-electron chi connectivity index (χ1n) is 8.65. The Balaban J connectivity index is 2.14. The Kier molecular flexibility index (Phi) is 9.50. The minimum atomic E-state index is -0.879. The highest BCUT2D eigenvalue weighted by molar-refractivity contribution is 14.1. The summed E-state index contributed by atoms with van der Waals surface area (Å²) in [5.74, 6) is -1.09. The Bertz CT molecular complexity index is 725. The summed E-state index contributed by atoms with van der Waals surface area (Å²) in [6.07, 6.45) is 1.39. The van der Waals surface area contributed by atoms with Gasteiger partial charge in [0.25, 0.3) is 0 Å². The molecule has 0 aliphatic rings. The zero-order valence-corrected chi connectivity index (χ0v) is 17.7. The number of hydrogen-bond donors (Lipinski definition) is 0. The topological polar surface area (TPSA) is 65.1 Å². The lowest BCUT2D eigenvalue weighted by atomic mass is 10.1. The Hall–Kier alpha value is -2.39. The lowest BCUT2D eigenvalue weighted by molar-refractivity contribution is -0.152. The van der Waals surface area contributed by atoms with Crippen LogP contribution in [-0.2, 0) is 35.2 Å². The van der Waals surface area contributed by atoms with Crippen molar-refractivity contribution in [3.63, 3.8) is 0 Å². The molecule has 28 heavy (non-hydrogen) atoms. The molecule has 6 nitrogen and oxygen atoms in total. The normalized spacial score (nSPS) is 12.0. The summed E-state index contributed by atoms with van der Waals surface area (Å²) in [6.45, 7) is 1.55. The summed E-state index contributed by atoms with van der Waals surface area (Å²) in [6, 6.07) is 19.9. The van der Waals surface area contributed by atoms with Crippen LogP contribution in [0.4, 0.5) is 0 Å². The van der Waals surface area contributed by atoms with Crippen LogP contribution in [0.25, 0.3) is 0 Å². The zero-order chi connectivity index (χ0) is 20.2. The monoisotopic (exact) mass is 495 g/mol. The van der Waals surface area contributed by atoms with Gasteiger partial charge in [-0.1, -0.05) is 60.7 Å². The van der Waals surface area contributed by atoms with Crippen molar-refractivity contribution in [2.24, 2.45) is 0 Å². The maximum Gasteiger partial charge on any atom is 0.348 e. The van der Waals surface area contributed by atoms with E-state index in [1.54, 1.807) is 0 Å². The number of nitrogens with zero attached hydrogens (tertiary/aromatic N) is 1. The molecule has 0 fully saturated rings. The molecule has 148 valence electrons. The molecular weight excluding hydrogens is 473 g/mol. The van der Waals surface area contributed by atoms with Crippen LogP contribution in [0.3, 0.4) is 0 Å². The van der Waals surface area contributed by atoms with Gasteiger partial charge >= 0.3 is 11.9 Å². The molecule has 2 aromatic rings. The molecule has 0 radical (unpaired) electrons. The largest absolute Gasteiger partial charge is 0.485 e. The van der Waals surface area contributed by atoms with Crippen LogP contribution in [-0.4, -0.2) is 36.6 Å². The fraction of sp³-hybridized carbons (Fsp3) is 0.238. The van der Waals surface area contributed by atoms with Crippen molar-refractivity contribution in [2.45, 2.75) is 19.2 Å². The van der Waals surface area contributed by atoms with Gasteiger partial charge in [-0.15, -0.1) is 0 Å². The van der Waals surface area contributed by atoms with E-state index in [9.17, 15) is 9.59 Å². The van der Waals surface area contributed by atoms with Crippen molar-refractivity contribution in [1.29, 1.82) is 0 Å². The van der Waals surface area contributed by atoms with Crippen LogP contribution >= 0.6 is 23.0 Å². The fourth-order valence-electron chi connectivity index (χ4n) is 2.62. The fourth-order valence-corrected chi connectivity index (χ4v) is 2.77. The highest BCUT2D eigenvalue weighted by Gasteiger charge is 2.23. The molecule has 0 aliphatic heterocycles. The van der Waals surface area contributed by atoms with Gasteiger partial charge in [0.2, 0.25) is 6.10 Å². The van der Waals surface area contributed by atoms with E-state index in [1.165, 1.54) is 30.1 Å². The number of halogens is 1. The van der Waals surface area contributed by atoms with Crippen molar-refractivity contribution in [2.75, 3.05) is 13.7 Å². The molecule has 0 unspecified atom stereocenters. The van der Waals surface area contributed by atoms with E-state index in [4.69, 9.17) is 9.47 Å². The molecule has 2 aromatic carbocycles. The highest BCUT2D eigenvalue weighted by atomic mass is 127. The maximum atomic E-state index is 12.2. The second-order valence-corrected chi connectivity index (χ2v) is 6.43.